The lowest BCUT2D eigenvalue weighted by Gasteiger charge is -2.42. The van der Waals surface area contributed by atoms with Crippen LogP contribution in [0.4, 0.5) is 0 Å². The molecule has 2 fully saturated rings. The number of hydrogen-bond acceptors (Lipinski definition) is 13. The third-order valence-corrected chi connectivity index (χ3v) is 16.9. The summed E-state index contributed by atoms with van der Waals surface area (Å²) >= 11 is 0. The lowest BCUT2D eigenvalue weighted by atomic mass is 9.76. The first kappa shape index (κ1) is 55.8. The van der Waals surface area contributed by atoms with Gasteiger partial charge in [0.05, 0.1) is 10.8 Å². The average molecular weight is 1120 g/mol. The fraction of sp³-hybridized carbons (Fsp3) is 0.400. The number of esters is 2. The summed E-state index contributed by atoms with van der Waals surface area (Å²) in [5.41, 5.74) is 5.86. The second kappa shape index (κ2) is 22.4. The molecule has 6 aromatic rings. The van der Waals surface area contributed by atoms with Crippen molar-refractivity contribution in [3.05, 3.63) is 155 Å². The van der Waals surface area contributed by atoms with Gasteiger partial charge in [-0.05, 0) is 191 Å². The smallest absolute Gasteiger partial charge is 0.316 e. The molecule has 13 heteroatoms. The predicted octanol–water partition coefficient (Wildman–Crippen LogP) is 14.3. The van der Waals surface area contributed by atoms with E-state index in [1.165, 1.54) is 38.5 Å². The van der Waals surface area contributed by atoms with Gasteiger partial charge in [0.15, 0.2) is 11.2 Å². The highest BCUT2D eigenvalue weighted by atomic mass is 16.5. The van der Waals surface area contributed by atoms with Gasteiger partial charge in [-0.1, -0.05) is 37.1 Å². The zero-order valence-electron chi connectivity index (χ0n) is 49.2. The quantitative estimate of drug-likeness (QED) is 0.0760. The molecule has 6 aromatic carbocycles. The molecular formula is C70H76N2O11. The summed E-state index contributed by atoms with van der Waals surface area (Å²) in [4.78, 5) is 30.9. The SMILES string of the molecule is CC(C)(C)C(=O)Oc1ccc2c(c1)OCC1=C2C(C)(c2ccc(OCCN3CCCCC3)cc2)Oc2cc(Oc3ccc4c(c3)OC(C)(c3ccc(OCCN5CCCCC5)cc3)C3=C4COc4cc(OC(=O)C(C)(C)C)ccc43)ccc21. The molecule has 0 radical (unpaired) electrons. The van der Waals surface area contributed by atoms with Crippen LogP contribution in [-0.2, 0) is 20.8 Å². The standard InChI is InChI=1S/C70H76N2O11/c1-67(2,3)65(73)80-51-25-29-55-59(39-51)77-43-57-53-27-23-49(41-61(53)82-69(7,63(55)57)45-15-19-47(20-16-45)75-37-35-71-31-11-9-12-32-71)79-50-24-28-54-58-44-78-60-40-52(81-66(74)68(4,5)6)26-30-56(60)64(58)70(8,83-62(54)42-50)46-17-21-48(22-18-46)76-38-36-72-33-13-10-14-34-72/h15-30,39-42H,9-14,31-38,43-44H2,1-8H3. The molecule has 0 bridgehead atoms. The lowest BCUT2D eigenvalue weighted by Crippen LogP contribution is -2.37. The fourth-order valence-electron chi connectivity index (χ4n) is 12.2. The van der Waals surface area contributed by atoms with E-state index in [0.717, 1.165) is 106 Å². The highest BCUT2D eigenvalue weighted by molar-refractivity contribution is 6.02. The molecule has 0 N–H and O–H groups in total. The Bertz CT molecular complexity index is 3270. The minimum Gasteiger partial charge on any atom is -0.492 e. The highest BCUT2D eigenvalue weighted by Gasteiger charge is 2.46. The summed E-state index contributed by atoms with van der Waals surface area (Å²) in [5, 5.41) is 0. The number of ether oxygens (including phenoxy) is 9. The molecule has 0 saturated carbocycles. The summed E-state index contributed by atoms with van der Waals surface area (Å²) < 4.78 is 58.8. The Morgan fingerprint density at radius 1 is 0.446 bits per heavy atom. The Morgan fingerprint density at radius 2 is 0.795 bits per heavy atom. The normalized spacial score (nSPS) is 20.3. The van der Waals surface area contributed by atoms with E-state index in [1.807, 2.05) is 126 Å². The molecule has 432 valence electrons. The molecule has 0 aromatic heterocycles. The third kappa shape index (κ3) is 11.4. The van der Waals surface area contributed by atoms with Crippen LogP contribution in [0.5, 0.6) is 57.5 Å². The van der Waals surface area contributed by atoms with Crippen LogP contribution in [0.2, 0.25) is 0 Å². The Hall–Kier alpha value is -7.74. The van der Waals surface area contributed by atoms with Gasteiger partial charge in [-0.15, -0.1) is 0 Å². The van der Waals surface area contributed by atoms with Crippen molar-refractivity contribution in [3.63, 3.8) is 0 Å². The molecule has 6 aliphatic heterocycles. The van der Waals surface area contributed by atoms with Gasteiger partial charge in [-0.3, -0.25) is 19.4 Å². The van der Waals surface area contributed by atoms with Gasteiger partial charge in [0.2, 0.25) is 0 Å². The zero-order chi connectivity index (χ0) is 57.7. The summed E-state index contributed by atoms with van der Waals surface area (Å²) in [6.07, 6.45) is 7.55. The van der Waals surface area contributed by atoms with Crippen LogP contribution in [-0.4, -0.2) is 87.4 Å². The van der Waals surface area contributed by atoms with Crippen LogP contribution in [0.1, 0.15) is 127 Å². The number of likely N-dealkylation sites (tertiary alicyclic amines) is 2. The first-order valence-corrected chi connectivity index (χ1v) is 29.6. The molecule has 2 saturated heterocycles. The summed E-state index contributed by atoms with van der Waals surface area (Å²) in [5.74, 6) is 5.40. The van der Waals surface area contributed by atoms with Crippen LogP contribution < -0.4 is 42.6 Å². The van der Waals surface area contributed by atoms with Crippen molar-refractivity contribution in [2.75, 3.05) is 65.7 Å². The molecule has 6 heterocycles. The maximum Gasteiger partial charge on any atom is 0.316 e. The second-order valence-electron chi connectivity index (χ2n) is 25.1. The van der Waals surface area contributed by atoms with Crippen LogP contribution in [0, 0.1) is 10.8 Å². The van der Waals surface area contributed by atoms with Crippen molar-refractivity contribution in [2.24, 2.45) is 10.8 Å². The summed E-state index contributed by atoms with van der Waals surface area (Å²) in [6, 6.07) is 39.4. The molecule has 0 aliphatic carbocycles. The maximum atomic E-state index is 13.0. The number of piperidine rings is 2. The Morgan fingerprint density at radius 3 is 1.18 bits per heavy atom. The van der Waals surface area contributed by atoms with Gasteiger partial charge in [-0.2, -0.15) is 0 Å². The molecular weight excluding hydrogens is 1040 g/mol. The van der Waals surface area contributed by atoms with Crippen LogP contribution in [0.3, 0.4) is 0 Å². The number of carbonyl (C=O) groups is 2. The van der Waals surface area contributed by atoms with Crippen molar-refractivity contribution >= 4 is 34.2 Å². The third-order valence-electron chi connectivity index (χ3n) is 16.9. The first-order valence-electron chi connectivity index (χ1n) is 29.6. The molecule has 12 rings (SSSR count). The molecule has 83 heavy (non-hydrogen) atoms. The fourth-order valence-corrected chi connectivity index (χ4v) is 12.2. The molecule has 13 nitrogen and oxygen atoms in total. The van der Waals surface area contributed by atoms with E-state index in [1.54, 1.807) is 12.1 Å². The van der Waals surface area contributed by atoms with Gasteiger partial charge in [0.25, 0.3) is 0 Å². The number of hydrogen-bond donors (Lipinski definition) is 0. The van der Waals surface area contributed by atoms with Crippen molar-refractivity contribution < 1.29 is 52.2 Å². The average Bonchev–Trinajstić information content (AvgIpc) is 3.63. The molecule has 2 unspecified atom stereocenters. The first-order chi connectivity index (χ1) is 39.9. The lowest BCUT2D eigenvalue weighted by molar-refractivity contribution is -0.143. The van der Waals surface area contributed by atoms with Crippen LogP contribution in [0.15, 0.2) is 121 Å². The number of carbonyl (C=O) groups excluding carboxylic acids is 2. The largest absolute Gasteiger partial charge is 0.492 e. The van der Waals surface area contributed by atoms with Crippen molar-refractivity contribution in [1.29, 1.82) is 0 Å². The number of rotatable bonds is 14. The van der Waals surface area contributed by atoms with E-state index in [4.69, 9.17) is 42.6 Å². The summed E-state index contributed by atoms with van der Waals surface area (Å²) in [7, 11) is 0. The number of fused-ring (bicyclic) bond motifs is 8. The van der Waals surface area contributed by atoms with Gasteiger partial charge in [-0.25, -0.2) is 0 Å². The Labute approximate surface area is 488 Å². The van der Waals surface area contributed by atoms with Gasteiger partial charge in [0.1, 0.15) is 83.9 Å². The molecule has 0 spiro atoms. The van der Waals surface area contributed by atoms with Crippen LogP contribution in [0.25, 0.3) is 22.3 Å². The van der Waals surface area contributed by atoms with Crippen LogP contribution >= 0.6 is 0 Å². The summed E-state index contributed by atoms with van der Waals surface area (Å²) in [6.45, 7) is 23.2. The van der Waals surface area contributed by atoms with E-state index >= 15 is 0 Å². The van der Waals surface area contributed by atoms with Gasteiger partial charge in [0, 0.05) is 81.9 Å². The van der Waals surface area contributed by atoms with E-state index in [0.29, 0.717) is 59.2 Å². The van der Waals surface area contributed by atoms with Crippen molar-refractivity contribution in [1.82, 2.24) is 9.80 Å². The minimum absolute atomic E-state index is 0.260. The van der Waals surface area contributed by atoms with Crippen molar-refractivity contribution in [2.45, 2.75) is 105 Å². The predicted molar refractivity (Wildman–Crippen MR) is 321 cm³/mol. The number of nitrogens with zero attached hydrogens (tertiary/aromatic N) is 2. The monoisotopic (exact) mass is 1120 g/mol. The zero-order valence-corrected chi connectivity index (χ0v) is 49.2. The minimum atomic E-state index is -0.999. The van der Waals surface area contributed by atoms with E-state index < -0.39 is 22.0 Å². The highest BCUT2D eigenvalue weighted by Crippen LogP contribution is 2.57. The Balaban J connectivity index is 0.858. The van der Waals surface area contributed by atoms with E-state index in [-0.39, 0.29) is 25.2 Å². The number of benzene rings is 6. The maximum absolute atomic E-state index is 13.0. The van der Waals surface area contributed by atoms with Gasteiger partial charge < -0.3 is 42.6 Å². The second-order valence-corrected chi connectivity index (χ2v) is 25.1. The topological polar surface area (TPSA) is 124 Å². The molecule has 2 atom stereocenters. The molecule has 0 amide bonds. The van der Waals surface area contributed by atoms with E-state index in [2.05, 4.69) is 47.9 Å². The molecule has 6 aliphatic rings. The van der Waals surface area contributed by atoms with Crippen molar-refractivity contribution in [3.8, 4) is 57.5 Å². The van der Waals surface area contributed by atoms with Gasteiger partial charge >= 0.3 is 11.9 Å². The Kier molecular flexibility index (Phi) is 15.1. The van der Waals surface area contributed by atoms with E-state index in [9.17, 15) is 9.59 Å².